The van der Waals surface area contributed by atoms with E-state index in [1.54, 1.807) is 4.90 Å². The Bertz CT molecular complexity index is 1160. The number of amides is 2. The molecule has 1 unspecified atom stereocenters. The fourth-order valence-electron chi connectivity index (χ4n) is 5.07. The van der Waals surface area contributed by atoms with Gasteiger partial charge in [-0.2, -0.15) is 5.10 Å². The van der Waals surface area contributed by atoms with Gasteiger partial charge in [0.15, 0.2) is 5.69 Å². The molecule has 0 aliphatic carbocycles. The van der Waals surface area contributed by atoms with Crippen molar-refractivity contribution in [3.8, 4) is 0 Å². The highest BCUT2D eigenvalue weighted by Crippen LogP contribution is 2.33. The van der Waals surface area contributed by atoms with Gasteiger partial charge in [-0.15, -0.1) is 0 Å². The zero-order chi connectivity index (χ0) is 22.2. The van der Waals surface area contributed by atoms with Crippen LogP contribution in [0, 0.1) is 13.8 Å². The number of likely N-dealkylation sites (tertiary alicyclic amines) is 1. The van der Waals surface area contributed by atoms with Crippen molar-refractivity contribution in [2.24, 2.45) is 0 Å². The van der Waals surface area contributed by atoms with Gasteiger partial charge in [0.05, 0.1) is 11.7 Å². The predicted octanol–water partition coefficient (Wildman–Crippen LogP) is 4.60. The van der Waals surface area contributed by atoms with Crippen LogP contribution in [-0.2, 0) is 6.42 Å². The van der Waals surface area contributed by atoms with Gasteiger partial charge in [-0.1, -0.05) is 35.4 Å². The molecule has 6 heteroatoms. The number of carbonyl (C=O) groups is 2. The lowest BCUT2D eigenvalue weighted by molar-refractivity contribution is 0.0606. The van der Waals surface area contributed by atoms with E-state index in [4.69, 9.17) is 0 Å². The Morgan fingerprint density at radius 2 is 1.75 bits per heavy atom. The lowest BCUT2D eigenvalue weighted by Gasteiger charge is -2.35. The standard InChI is InChI=1S/C26H28N4O2/c1-17-13-18(2)15-20(14-17)25(31)29-11-6-5-9-24(29)21-16-22(28-27-21)26(32)30-12-10-19-7-3-4-8-23(19)30/h3-4,7-8,13-16,24H,5-6,9-12H2,1-2H3,(H,27,28). The number of hydrogen-bond donors (Lipinski definition) is 1. The van der Waals surface area contributed by atoms with Crippen LogP contribution in [0.3, 0.4) is 0 Å². The normalized spacial score (nSPS) is 18.0. The SMILES string of the molecule is Cc1cc(C)cc(C(=O)N2CCCCC2c2cc(C(=O)N3CCc4ccccc43)n[nH]2)c1. The zero-order valence-electron chi connectivity index (χ0n) is 18.6. The van der Waals surface area contributed by atoms with Crippen molar-refractivity contribution >= 4 is 17.5 Å². The highest BCUT2D eigenvalue weighted by atomic mass is 16.2. The van der Waals surface area contributed by atoms with Crippen LogP contribution in [0.4, 0.5) is 5.69 Å². The molecule has 0 spiro atoms. The summed E-state index contributed by atoms with van der Waals surface area (Å²) in [7, 11) is 0. The first kappa shape index (κ1) is 20.5. The maximum atomic E-state index is 13.4. The lowest BCUT2D eigenvalue weighted by Crippen LogP contribution is -2.38. The van der Waals surface area contributed by atoms with Crippen molar-refractivity contribution in [1.82, 2.24) is 15.1 Å². The smallest absolute Gasteiger partial charge is 0.278 e. The van der Waals surface area contributed by atoms with Crippen LogP contribution >= 0.6 is 0 Å². The van der Waals surface area contributed by atoms with Crippen LogP contribution in [0.5, 0.6) is 0 Å². The Kier molecular flexibility index (Phi) is 5.29. The third-order valence-corrected chi connectivity index (χ3v) is 6.54. The summed E-state index contributed by atoms with van der Waals surface area (Å²) in [5.41, 5.74) is 6.28. The number of H-pyrrole nitrogens is 1. The van der Waals surface area contributed by atoms with Gasteiger partial charge in [0.1, 0.15) is 0 Å². The molecule has 2 aliphatic heterocycles. The van der Waals surface area contributed by atoms with E-state index in [1.807, 2.05) is 55.1 Å². The summed E-state index contributed by atoms with van der Waals surface area (Å²) < 4.78 is 0. The van der Waals surface area contributed by atoms with E-state index in [1.165, 1.54) is 5.56 Å². The molecule has 0 bridgehead atoms. The molecule has 2 aromatic carbocycles. The lowest BCUT2D eigenvalue weighted by atomic mass is 9.97. The van der Waals surface area contributed by atoms with Gasteiger partial charge in [-0.3, -0.25) is 14.7 Å². The number of aromatic nitrogens is 2. The molecule has 0 radical (unpaired) electrons. The molecule has 1 atom stereocenters. The Balaban J connectivity index is 1.39. The first-order chi connectivity index (χ1) is 15.5. The number of piperidine rings is 1. The second-order valence-electron chi connectivity index (χ2n) is 8.93. The molecule has 1 aromatic heterocycles. The van der Waals surface area contributed by atoms with Crippen LogP contribution in [0.1, 0.15) is 68.5 Å². The van der Waals surface area contributed by atoms with Crippen LogP contribution in [0.25, 0.3) is 0 Å². The first-order valence-corrected chi connectivity index (χ1v) is 11.4. The van der Waals surface area contributed by atoms with Gasteiger partial charge in [-0.05, 0) is 69.4 Å². The Morgan fingerprint density at radius 1 is 0.969 bits per heavy atom. The number of nitrogens with one attached hydrogen (secondary N) is 1. The summed E-state index contributed by atoms with van der Waals surface area (Å²) in [6.07, 6.45) is 3.75. The summed E-state index contributed by atoms with van der Waals surface area (Å²) >= 11 is 0. The third kappa shape index (κ3) is 3.70. The number of fused-ring (bicyclic) bond motifs is 1. The molecule has 3 heterocycles. The van der Waals surface area contributed by atoms with Crippen molar-refractivity contribution < 1.29 is 9.59 Å². The molecule has 3 aromatic rings. The molecule has 2 amide bonds. The minimum absolute atomic E-state index is 0.0393. The fourth-order valence-corrected chi connectivity index (χ4v) is 5.07. The number of rotatable bonds is 3. The van der Waals surface area contributed by atoms with E-state index in [2.05, 4.69) is 22.3 Å². The number of carbonyl (C=O) groups excluding carboxylic acids is 2. The highest BCUT2D eigenvalue weighted by molar-refractivity contribution is 6.06. The Labute approximate surface area is 188 Å². The van der Waals surface area contributed by atoms with Crippen molar-refractivity contribution in [3.05, 3.63) is 82.2 Å². The molecular formula is C26H28N4O2. The van der Waals surface area contributed by atoms with Crippen LogP contribution < -0.4 is 4.90 Å². The predicted molar refractivity (Wildman–Crippen MR) is 124 cm³/mol. The number of anilines is 1. The summed E-state index contributed by atoms with van der Waals surface area (Å²) in [4.78, 5) is 30.3. The van der Waals surface area contributed by atoms with Gasteiger partial charge in [0.2, 0.25) is 0 Å². The monoisotopic (exact) mass is 428 g/mol. The number of nitrogens with zero attached hydrogens (tertiary/aromatic N) is 3. The Morgan fingerprint density at radius 3 is 2.56 bits per heavy atom. The van der Waals surface area contributed by atoms with Crippen LogP contribution in [0.2, 0.25) is 0 Å². The van der Waals surface area contributed by atoms with E-state index in [-0.39, 0.29) is 17.9 Å². The molecule has 1 fully saturated rings. The molecule has 2 aliphatic rings. The van der Waals surface area contributed by atoms with Crippen molar-refractivity contribution in [1.29, 1.82) is 0 Å². The maximum absolute atomic E-state index is 13.4. The average Bonchev–Trinajstić information content (AvgIpc) is 3.45. The molecule has 5 rings (SSSR count). The molecule has 6 nitrogen and oxygen atoms in total. The van der Waals surface area contributed by atoms with Crippen molar-refractivity contribution in [2.75, 3.05) is 18.0 Å². The van der Waals surface area contributed by atoms with E-state index in [0.717, 1.165) is 53.8 Å². The molecule has 1 N–H and O–H groups in total. The van der Waals surface area contributed by atoms with Gasteiger partial charge in [0.25, 0.3) is 11.8 Å². The number of aromatic amines is 1. The third-order valence-electron chi connectivity index (χ3n) is 6.54. The van der Waals surface area contributed by atoms with Gasteiger partial charge in [0, 0.05) is 24.3 Å². The second kappa shape index (κ2) is 8.26. The number of hydrogen-bond acceptors (Lipinski definition) is 3. The quantitative estimate of drug-likeness (QED) is 0.663. The molecule has 164 valence electrons. The maximum Gasteiger partial charge on any atom is 0.278 e. The summed E-state index contributed by atoms with van der Waals surface area (Å²) in [6.45, 7) is 5.40. The largest absolute Gasteiger partial charge is 0.330 e. The van der Waals surface area contributed by atoms with E-state index >= 15 is 0 Å². The van der Waals surface area contributed by atoms with Gasteiger partial charge < -0.3 is 9.80 Å². The number of aryl methyl sites for hydroxylation is 2. The molecule has 32 heavy (non-hydrogen) atoms. The fraction of sp³-hybridized carbons (Fsp3) is 0.346. The van der Waals surface area contributed by atoms with Crippen LogP contribution in [0.15, 0.2) is 48.5 Å². The summed E-state index contributed by atoms with van der Waals surface area (Å²) in [6, 6.07) is 15.7. The minimum Gasteiger partial charge on any atom is -0.330 e. The van der Waals surface area contributed by atoms with Gasteiger partial charge in [-0.25, -0.2) is 0 Å². The van der Waals surface area contributed by atoms with Crippen molar-refractivity contribution in [2.45, 2.75) is 45.6 Å². The van der Waals surface area contributed by atoms with E-state index in [0.29, 0.717) is 18.8 Å². The number of para-hydroxylation sites is 1. The van der Waals surface area contributed by atoms with E-state index < -0.39 is 0 Å². The Hall–Kier alpha value is -3.41. The number of benzene rings is 2. The molecule has 0 saturated carbocycles. The highest BCUT2D eigenvalue weighted by Gasteiger charge is 2.32. The van der Waals surface area contributed by atoms with E-state index in [9.17, 15) is 9.59 Å². The average molecular weight is 429 g/mol. The van der Waals surface area contributed by atoms with Gasteiger partial charge >= 0.3 is 0 Å². The zero-order valence-corrected chi connectivity index (χ0v) is 18.6. The van der Waals surface area contributed by atoms with Crippen LogP contribution in [-0.4, -0.2) is 40.0 Å². The minimum atomic E-state index is -0.100. The topological polar surface area (TPSA) is 69.3 Å². The first-order valence-electron chi connectivity index (χ1n) is 11.4. The molecular weight excluding hydrogens is 400 g/mol. The van der Waals surface area contributed by atoms with Crippen molar-refractivity contribution in [3.63, 3.8) is 0 Å². The summed E-state index contributed by atoms with van der Waals surface area (Å²) in [5.74, 6) is -0.0575. The summed E-state index contributed by atoms with van der Waals surface area (Å²) in [5, 5.41) is 7.42. The second-order valence-corrected chi connectivity index (χ2v) is 8.93. The molecule has 1 saturated heterocycles.